The molecular formula is C28H29FN4O5. The van der Waals surface area contributed by atoms with Gasteiger partial charge in [-0.1, -0.05) is 18.2 Å². The van der Waals surface area contributed by atoms with Gasteiger partial charge in [0, 0.05) is 46.6 Å². The SMILES string of the molecule is CC(=O)N1CCN(C(=O)c2coc(COc3ccc4c(c3)C(c3ccc(F)cc3)N(C(C)=O)CC4)n2)CC1. The highest BCUT2D eigenvalue weighted by Gasteiger charge is 2.31. The summed E-state index contributed by atoms with van der Waals surface area (Å²) in [7, 11) is 0. The monoisotopic (exact) mass is 520 g/mol. The van der Waals surface area contributed by atoms with Crippen LogP contribution in [0.3, 0.4) is 0 Å². The van der Waals surface area contributed by atoms with Crippen LogP contribution in [0.25, 0.3) is 0 Å². The first-order valence-corrected chi connectivity index (χ1v) is 12.6. The van der Waals surface area contributed by atoms with Gasteiger partial charge in [-0.05, 0) is 47.4 Å². The molecule has 198 valence electrons. The maximum absolute atomic E-state index is 13.6. The Bertz CT molecular complexity index is 1350. The number of rotatable bonds is 5. The van der Waals surface area contributed by atoms with Crippen LogP contribution in [0.15, 0.2) is 53.1 Å². The number of oxazole rings is 1. The van der Waals surface area contributed by atoms with Crippen molar-refractivity contribution in [1.82, 2.24) is 19.7 Å². The summed E-state index contributed by atoms with van der Waals surface area (Å²) in [5.41, 5.74) is 3.03. The van der Waals surface area contributed by atoms with E-state index in [4.69, 9.17) is 9.15 Å². The number of benzene rings is 2. The van der Waals surface area contributed by atoms with E-state index < -0.39 is 0 Å². The summed E-state index contributed by atoms with van der Waals surface area (Å²) < 4.78 is 25.0. The van der Waals surface area contributed by atoms with Crippen LogP contribution in [0.1, 0.15) is 53.0 Å². The van der Waals surface area contributed by atoms with Gasteiger partial charge in [-0.15, -0.1) is 0 Å². The molecule has 3 amide bonds. The summed E-state index contributed by atoms with van der Waals surface area (Å²) >= 11 is 0. The maximum Gasteiger partial charge on any atom is 0.275 e. The molecule has 3 aromatic rings. The Morgan fingerprint density at radius 1 is 0.974 bits per heavy atom. The summed E-state index contributed by atoms with van der Waals surface area (Å²) in [6.07, 6.45) is 2.03. The van der Waals surface area contributed by atoms with Crippen LogP contribution < -0.4 is 4.74 Å². The number of hydrogen-bond acceptors (Lipinski definition) is 6. The molecule has 2 aromatic carbocycles. The van der Waals surface area contributed by atoms with Gasteiger partial charge in [0.15, 0.2) is 12.3 Å². The number of nitrogens with zero attached hydrogens (tertiary/aromatic N) is 4. The zero-order chi connectivity index (χ0) is 26.8. The standard InChI is InChI=1S/C28H29FN4O5/c1-18(34)31-11-13-32(14-12-31)28(36)25-16-38-26(30-25)17-37-23-8-5-20-9-10-33(19(2)35)27(24(20)15-23)21-3-6-22(29)7-4-21/h3-8,15-16,27H,9-14,17H2,1-2H3. The van der Waals surface area contributed by atoms with E-state index >= 15 is 0 Å². The molecule has 38 heavy (non-hydrogen) atoms. The molecule has 0 spiro atoms. The van der Waals surface area contributed by atoms with Crippen LogP contribution in [-0.2, 0) is 22.6 Å². The van der Waals surface area contributed by atoms with Crippen LogP contribution in [0, 0.1) is 5.82 Å². The van der Waals surface area contributed by atoms with Crippen molar-refractivity contribution < 1.29 is 27.9 Å². The zero-order valence-corrected chi connectivity index (χ0v) is 21.4. The van der Waals surface area contributed by atoms with Crippen LogP contribution in [0.4, 0.5) is 4.39 Å². The minimum Gasteiger partial charge on any atom is -0.484 e. The quantitative estimate of drug-likeness (QED) is 0.513. The first-order valence-electron chi connectivity index (χ1n) is 12.6. The molecule has 0 bridgehead atoms. The Kier molecular flexibility index (Phi) is 7.13. The second-order valence-corrected chi connectivity index (χ2v) is 9.49. The Morgan fingerprint density at radius 2 is 1.68 bits per heavy atom. The van der Waals surface area contributed by atoms with Gasteiger partial charge in [0.25, 0.3) is 5.91 Å². The second-order valence-electron chi connectivity index (χ2n) is 9.49. The van der Waals surface area contributed by atoms with E-state index in [9.17, 15) is 18.8 Å². The van der Waals surface area contributed by atoms with Gasteiger partial charge in [0.1, 0.15) is 17.8 Å². The van der Waals surface area contributed by atoms with Crippen LogP contribution in [0.2, 0.25) is 0 Å². The van der Waals surface area contributed by atoms with E-state index in [0.29, 0.717) is 44.9 Å². The van der Waals surface area contributed by atoms with Crippen molar-refractivity contribution in [3.63, 3.8) is 0 Å². The summed E-state index contributed by atoms with van der Waals surface area (Å²) in [6, 6.07) is 11.6. The average molecular weight is 521 g/mol. The van der Waals surface area contributed by atoms with E-state index in [0.717, 1.165) is 16.7 Å². The van der Waals surface area contributed by atoms with Gasteiger partial charge in [0.05, 0.1) is 6.04 Å². The smallest absolute Gasteiger partial charge is 0.275 e. The molecule has 0 N–H and O–H groups in total. The fraction of sp³-hybridized carbons (Fsp3) is 0.357. The lowest BCUT2D eigenvalue weighted by Crippen LogP contribution is -2.50. The third-order valence-electron chi connectivity index (χ3n) is 7.08. The van der Waals surface area contributed by atoms with Crippen molar-refractivity contribution in [3.05, 3.63) is 82.8 Å². The van der Waals surface area contributed by atoms with E-state index in [1.54, 1.807) is 26.8 Å². The lowest BCUT2D eigenvalue weighted by atomic mass is 9.88. The normalized spacial score (nSPS) is 17.2. The number of hydrogen-bond donors (Lipinski definition) is 0. The van der Waals surface area contributed by atoms with Crippen LogP contribution in [-0.4, -0.2) is 70.1 Å². The van der Waals surface area contributed by atoms with Gasteiger partial charge < -0.3 is 23.9 Å². The number of piperazine rings is 1. The number of fused-ring (bicyclic) bond motifs is 1. The lowest BCUT2D eigenvalue weighted by Gasteiger charge is -2.37. The number of ether oxygens (including phenoxy) is 1. The molecule has 1 aromatic heterocycles. The van der Waals surface area contributed by atoms with Crippen molar-refractivity contribution in [3.8, 4) is 5.75 Å². The van der Waals surface area contributed by atoms with Crippen molar-refractivity contribution in [2.75, 3.05) is 32.7 Å². The lowest BCUT2D eigenvalue weighted by molar-refractivity contribution is -0.131. The maximum atomic E-state index is 13.6. The van der Waals surface area contributed by atoms with E-state index in [2.05, 4.69) is 4.98 Å². The minimum absolute atomic E-state index is 0.00173. The molecule has 0 saturated carbocycles. The van der Waals surface area contributed by atoms with Crippen molar-refractivity contribution >= 4 is 17.7 Å². The van der Waals surface area contributed by atoms with E-state index in [1.807, 2.05) is 18.2 Å². The first kappa shape index (κ1) is 25.4. The molecule has 9 nitrogen and oxygen atoms in total. The Labute approximate surface area is 219 Å². The highest BCUT2D eigenvalue weighted by atomic mass is 19.1. The molecule has 1 atom stereocenters. The minimum atomic E-state index is -0.352. The van der Waals surface area contributed by atoms with Gasteiger partial charge >= 0.3 is 0 Å². The van der Waals surface area contributed by atoms with Gasteiger partial charge in [-0.2, -0.15) is 0 Å². The summed E-state index contributed by atoms with van der Waals surface area (Å²) in [6.45, 7) is 5.51. The number of carbonyl (C=O) groups is 3. The molecular weight excluding hydrogens is 491 g/mol. The largest absolute Gasteiger partial charge is 0.484 e. The highest BCUT2D eigenvalue weighted by molar-refractivity contribution is 5.92. The molecule has 5 rings (SSSR count). The molecule has 0 radical (unpaired) electrons. The molecule has 0 aliphatic carbocycles. The fourth-order valence-electron chi connectivity index (χ4n) is 5.03. The molecule has 2 aliphatic heterocycles. The third-order valence-corrected chi connectivity index (χ3v) is 7.08. The Morgan fingerprint density at radius 3 is 2.37 bits per heavy atom. The third kappa shape index (κ3) is 5.25. The number of halogens is 1. The first-order chi connectivity index (χ1) is 18.3. The van der Waals surface area contributed by atoms with E-state index in [-0.39, 0.29) is 47.8 Å². The fourth-order valence-corrected chi connectivity index (χ4v) is 5.03. The second kappa shape index (κ2) is 10.6. The molecule has 1 unspecified atom stereocenters. The predicted octanol–water partition coefficient (Wildman–Crippen LogP) is 3.19. The number of aromatic nitrogens is 1. The number of carbonyl (C=O) groups excluding carboxylic acids is 3. The molecule has 10 heteroatoms. The average Bonchev–Trinajstić information content (AvgIpc) is 3.40. The molecule has 1 saturated heterocycles. The molecule has 3 heterocycles. The van der Waals surface area contributed by atoms with Crippen molar-refractivity contribution in [2.45, 2.75) is 32.9 Å². The van der Waals surface area contributed by atoms with Gasteiger partial charge in [0.2, 0.25) is 17.7 Å². The number of amides is 3. The van der Waals surface area contributed by atoms with Gasteiger partial charge in [-0.25, -0.2) is 9.37 Å². The van der Waals surface area contributed by atoms with Crippen molar-refractivity contribution in [2.24, 2.45) is 0 Å². The van der Waals surface area contributed by atoms with Crippen LogP contribution >= 0.6 is 0 Å². The molecule has 1 fully saturated rings. The predicted molar refractivity (Wildman–Crippen MR) is 135 cm³/mol. The Hall–Kier alpha value is -4.21. The summed E-state index contributed by atoms with van der Waals surface area (Å²) in [5, 5.41) is 0. The summed E-state index contributed by atoms with van der Waals surface area (Å²) in [5.74, 6) is 0.178. The highest BCUT2D eigenvalue weighted by Crippen LogP contribution is 2.37. The van der Waals surface area contributed by atoms with Crippen LogP contribution in [0.5, 0.6) is 5.75 Å². The topological polar surface area (TPSA) is 96.2 Å². The Balaban J connectivity index is 1.28. The van der Waals surface area contributed by atoms with E-state index in [1.165, 1.54) is 32.2 Å². The zero-order valence-electron chi connectivity index (χ0n) is 21.4. The molecule has 2 aliphatic rings. The summed E-state index contributed by atoms with van der Waals surface area (Å²) in [4.78, 5) is 46.2. The van der Waals surface area contributed by atoms with Gasteiger partial charge in [-0.3, -0.25) is 14.4 Å². The van der Waals surface area contributed by atoms with Crippen molar-refractivity contribution in [1.29, 1.82) is 0 Å².